The van der Waals surface area contributed by atoms with Gasteiger partial charge in [-0.3, -0.25) is 4.90 Å². The molecule has 1 atom stereocenters. The van der Waals surface area contributed by atoms with Gasteiger partial charge < -0.3 is 10.1 Å². The van der Waals surface area contributed by atoms with Gasteiger partial charge in [-0.25, -0.2) is 0 Å². The number of rotatable bonds is 7. The third-order valence-corrected chi connectivity index (χ3v) is 4.59. The van der Waals surface area contributed by atoms with Gasteiger partial charge in [0.05, 0.1) is 12.7 Å². The smallest absolute Gasteiger partial charge is 0.416 e. The van der Waals surface area contributed by atoms with Gasteiger partial charge in [0, 0.05) is 37.8 Å². The minimum Gasteiger partial charge on any atom is -0.496 e. The minimum atomic E-state index is -4.35. The Morgan fingerprint density at radius 2 is 1.92 bits per heavy atom. The molecule has 0 aromatic heterocycles. The zero-order valence-corrected chi connectivity index (χ0v) is 14.5. The Morgan fingerprint density at radius 1 is 1.21 bits per heavy atom. The summed E-state index contributed by atoms with van der Waals surface area (Å²) in [6.07, 6.45) is -0.0899. The van der Waals surface area contributed by atoms with E-state index >= 15 is 0 Å². The second-order valence-corrected chi connectivity index (χ2v) is 6.25. The molecule has 0 radical (unpaired) electrons. The van der Waals surface area contributed by atoms with Crippen molar-refractivity contribution < 1.29 is 17.9 Å². The molecule has 6 heteroatoms. The lowest BCUT2D eigenvalue weighted by Crippen LogP contribution is -2.45. The number of piperazine rings is 1. The highest BCUT2D eigenvalue weighted by molar-refractivity contribution is 5.41. The predicted octanol–water partition coefficient (Wildman–Crippen LogP) is 4.24. The van der Waals surface area contributed by atoms with Crippen molar-refractivity contribution in [3.8, 4) is 5.75 Å². The summed E-state index contributed by atoms with van der Waals surface area (Å²) < 4.78 is 44.2. The average Bonchev–Trinajstić information content (AvgIpc) is 2.58. The van der Waals surface area contributed by atoms with Gasteiger partial charge in [0.2, 0.25) is 0 Å². The molecule has 1 N–H and O–H groups in total. The normalized spacial score (nSPS) is 17.7. The lowest BCUT2D eigenvalue weighted by atomic mass is 9.96. The van der Waals surface area contributed by atoms with E-state index in [1.807, 2.05) is 0 Å². The predicted molar refractivity (Wildman–Crippen MR) is 89.3 cm³/mol. The van der Waals surface area contributed by atoms with Crippen LogP contribution in [0.3, 0.4) is 0 Å². The highest BCUT2D eigenvalue weighted by Gasteiger charge is 2.32. The Balaban J connectivity index is 2.29. The maximum atomic E-state index is 13.0. The molecule has 1 heterocycles. The quantitative estimate of drug-likeness (QED) is 0.749. The van der Waals surface area contributed by atoms with Crippen LogP contribution in [0.15, 0.2) is 18.2 Å². The molecule has 1 fully saturated rings. The number of unbranched alkanes of at least 4 members (excludes halogenated alkanes) is 2. The molecule has 136 valence electrons. The van der Waals surface area contributed by atoms with Crippen molar-refractivity contribution in [1.29, 1.82) is 0 Å². The molecular weight excluding hydrogens is 317 g/mol. The summed E-state index contributed by atoms with van der Waals surface area (Å²) in [4.78, 5) is 2.36. The summed E-state index contributed by atoms with van der Waals surface area (Å²) in [6.45, 7) is 5.78. The van der Waals surface area contributed by atoms with E-state index in [0.29, 0.717) is 5.75 Å². The molecule has 1 aliphatic rings. The van der Waals surface area contributed by atoms with Crippen molar-refractivity contribution in [2.75, 3.05) is 33.3 Å². The van der Waals surface area contributed by atoms with Crippen molar-refractivity contribution in [2.45, 2.75) is 44.8 Å². The van der Waals surface area contributed by atoms with Crippen LogP contribution in [0.25, 0.3) is 0 Å². The first kappa shape index (κ1) is 19.1. The molecule has 1 saturated heterocycles. The number of hydrogen-bond donors (Lipinski definition) is 1. The molecule has 0 aliphatic carbocycles. The summed E-state index contributed by atoms with van der Waals surface area (Å²) in [6, 6.07) is 4.01. The zero-order valence-electron chi connectivity index (χ0n) is 14.5. The number of nitrogens with zero attached hydrogens (tertiary/aromatic N) is 1. The first-order valence-corrected chi connectivity index (χ1v) is 8.67. The third kappa shape index (κ3) is 4.86. The molecule has 0 unspecified atom stereocenters. The Labute approximate surface area is 142 Å². The molecule has 0 bridgehead atoms. The lowest BCUT2D eigenvalue weighted by Gasteiger charge is -2.36. The maximum absolute atomic E-state index is 13.0. The first-order valence-electron chi connectivity index (χ1n) is 8.67. The van der Waals surface area contributed by atoms with Gasteiger partial charge in [-0.05, 0) is 18.6 Å². The second-order valence-electron chi connectivity index (χ2n) is 6.25. The molecule has 2 rings (SSSR count). The fraction of sp³-hybridized carbons (Fsp3) is 0.667. The highest BCUT2D eigenvalue weighted by atomic mass is 19.4. The molecule has 3 nitrogen and oxygen atoms in total. The fourth-order valence-corrected chi connectivity index (χ4v) is 3.28. The average molecular weight is 344 g/mol. The van der Waals surface area contributed by atoms with Gasteiger partial charge in [0.25, 0.3) is 0 Å². The number of alkyl halides is 3. The van der Waals surface area contributed by atoms with Crippen LogP contribution < -0.4 is 10.1 Å². The number of methoxy groups -OCH3 is 1. The number of halogens is 3. The van der Waals surface area contributed by atoms with Crippen LogP contribution in [0.5, 0.6) is 5.75 Å². The minimum absolute atomic E-state index is 0.107. The number of hydrogen-bond acceptors (Lipinski definition) is 3. The molecule has 1 aromatic carbocycles. The summed E-state index contributed by atoms with van der Waals surface area (Å²) in [5.74, 6) is 0.338. The van der Waals surface area contributed by atoms with Crippen molar-refractivity contribution in [3.05, 3.63) is 29.3 Å². The second kappa shape index (κ2) is 8.72. The maximum Gasteiger partial charge on any atom is 0.416 e. The molecule has 24 heavy (non-hydrogen) atoms. The lowest BCUT2D eigenvalue weighted by molar-refractivity contribution is -0.137. The first-order chi connectivity index (χ1) is 11.5. The van der Waals surface area contributed by atoms with Crippen LogP contribution >= 0.6 is 0 Å². The van der Waals surface area contributed by atoms with Crippen molar-refractivity contribution in [3.63, 3.8) is 0 Å². The monoisotopic (exact) mass is 344 g/mol. The molecule has 0 spiro atoms. The topological polar surface area (TPSA) is 24.5 Å². The van der Waals surface area contributed by atoms with Gasteiger partial charge >= 0.3 is 6.18 Å². The van der Waals surface area contributed by atoms with Gasteiger partial charge in [-0.15, -0.1) is 0 Å². The summed E-state index contributed by atoms with van der Waals surface area (Å²) in [5, 5.41) is 3.32. The Kier molecular flexibility index (Phi) is 6.92. The van der Waals surface area contributed by atoms with Gasteiger partial charge in [0.1, 0.15) is 5.75 Å². The SMILES string of the molecule is CCCCC[C@H](c1ccc(C(F)(F)F)cc1OC)N1CCNCC1. The van der Waals surface area contributed by atoms with E-state index in [4.69, 9.17) is 4.74 Å². The Bertz CT molecular complexity index is 513. The molecular formula is C18H27F3N2O. The largest absolute Gasteiger partial charge is 0.496 e. The number of ether oxygens (including phenoxy) is 1. The summed E-state index contributed by atoms with van der Waals surface area (Å²) >= 11 is 0. The summed E-state index contributed by atoms with van der Waals surface area (Å²) in [7, 11) is 1.44. The standard InChI is InChI=1S/C18H27F3N2O/c1-3-4-5-6-16(23-11-9-22-10-12-23)15-8-7-14(18(19,20)21)13-17(15)24-2/h7-8,13,16,22H,3-6,9-12H2,1-2H3/t16-/m1/s1. The van der Waals surface area contributed by atoms with Crippen molar-refractivity contribution in [1.82, 2.24) is 10.2 Å². The van der Waals surface area contributed by atoms with Crippen molar-refractivity contribution in [2.24, 2.45) is 0 Å². The van der Waals surface area contributed by atoms with E-state index in [0.717, 1.165) is 63.5 Å². The van der Waals surface area contributed by atoms with Crippen LogP contribution in [0.2, 0.25) is 0 Å². The molecule has 0 saturated carbocycles. The third-order valence-electron chi connectivity index (χ3n) is 4.59. The van der Waals surface area contributed by atoms with Crippen LogP contribution in [-0.2, 0) is 6.18 Å². The Morgan fingerprint density at radius 3 is 2.50 bits per heavy atom. The molecule has 0 amide bonds. The molecule has 1 aliphatic heterocycles. The number of nitrogens with one attached hydrogen (secondary N) is 1. The van der Waals surface area contributed by atoms with E-state index < -0.39 is 11.7 Å². The van der Waals surface area contributed by atoms with E-state index in [9.17, 15) is 13.2 Å². The van der Waals surface area contributed by atoms with Gasteiger partial charge in [-0.2, -0.15) is 13.2 Å². The van der Waals surface area contributed by atoms with E-state index in [-0.39, 0.29) is 6.04 Å². The van der Waals surface area contributed by atoms with Crippen molar-refractivity contribution >= 4 is 0 Å². The number of benzene rings is 1. The van der Waals surface area contributed by atoms with E-state index in [1.54, 1.807) is 6.07 Å². The fourth-order valence-electron chi connectivity index (χ4n) is 3.28. The van der Waals surface area contributed by atoms with Gasteiger partial charge in [-0.1, -0.05) is 32.3 Å². The van der Waals surface area contributed by atoms with Crippen LogP contribution in [0, 0.1) is 0 Å². The highest BCUT2D eigenvalue weighted by Crippen LogP contribution is 2.38. The zero-order chi connectivity index (χ0) is 17.6. The van der Waals surface area contributed by atoms with E-state index in [1.165, 1.54) is 13.2 Å². The summed E-state index contributed by atoms with van der Waals surface area (Å²) in [5.41, 5.74) is 0.208. The van der Waals surface area contributed by atoms with Gasteiger partial charge in [0.15, 0.2) is 0 Å². The van der Waals surface area contributed by atoms with Crippen LogP contribution in [0.4, 0.5) is 13.2 Å². The molecule has 1 aromatic rings. The van der Waals surface area contributed by atoms with Crippen LogP contribution in [-0.4, -0.2) is 38.2 Å². The Hall–Kier alpha value is -1.27. The van der Waals surface area contributed by atoms with Crippen LogP contribution in [0.1, 0.15) is 49.8 Å². The van der Waals surface area contributed by atoms with E-state index in [2.05, 4.69) is 17.1 Å².